The molecule has 4 amide bonds. The number of alkyl carbamates (subject to hydrolysis) is 2. The molecule has 0 aromatic heterocycles. The maximum absolute atomic E-state index is 12.1. The number of nitrogens with two attached hydrogens (primary N) is 2. The van der Waals surface area contributed by atoms with Crippen LogP contribution in [0.15, 0.2) is 48.5 Å². The van der Waals surface area contributed by atoms with Gasteiger partial charge in [0.2, 0.25) is 11.8 Å². The minimum atomic E-state index is -0.996. The van der Waals surface area contributed by atoms with Crippen LogP contribution < -0.4 is 41.0 Å². The molecule has 2 aromatic carbocycles. The summed E-state index contributed by atoms with van der Waals surface area (Å²) in [7, 11) is 0. The molecule has 0 unspecified atom stereocenters. The van der Waals surface area contributed by atoms with Crippen molar-refractivity contribution in [2.45, 2.75) is 143 Å². The van der Waals surface area contributed by atoms with Gasteiger partial charge in [-0.3, -0.25) is 14.4 Å². The third-order valence-electron chi connectivity index (χ3n) is 7.76. The first-order valence-corrected chi connectivity index (χ1v) is 18.2. The molecule has 0 saturated heterocycles. The number of hydrogen-bond acceptors (Lipinski definition) is 11. The quantitative estimate of drug-likeness (QED) is 0.101. The van der Waals surface area contributed by atoms with E-state index in [1.807, 2.05) is 26.0 Å². The van der Waals surface area contributed by atoms with E-state index in [0.717, 1.165) is 11.1 Å². The summed E-state index contributed by atoms with van der Waals surface area (Å²) in [5.74, 6) is -1.82. The Hall–Kier alpha value is -4.46. The van der Waals surface area contributed by atoms with Gasteiger partial charge in [0.15, 0.2) is 5.78 Å². The van der Waals surface area contributed by atoms with Crippen molar-refractivity contribution in [2.24, 2.45) is 11.5 Å². The van der Waals surface area contributed by atoms with Gasteiger partial charge in [-0.1, -0.05) is 43.3 Å². The number of amides is 4. The number of benzene rings is 2. The molecule has 8 N–H and O–H groups in total. The maximum atomic E-state index is 12.1. The molecular weight excluding hydrogens is 735 g/mol. The fraction of sp³-hybridized carbons (Fsp3) is 0.550. The van der Waals surface area contributed by atoms with E-state index < -0.39 is 59.4 Å². The number of carboxylic acid groups (broad SMARTS) is 1. The van der Waals surface area contributed by atoms with E-state index in [1.54, 1.807) is 72.7 Å². The van der Waals surface area contributed by atoms with Crippen LogP contribution in [-0.4, -0.2) is 81.8 Å². The molecule has 0 aliphatic heterocycles. The van der Waals surface area contributed by atoms with Crippen molar-refractivity contribution in [3.8, 4) is 0 Å². The van der Waals surface area contributed by atoms with Gasteiger partial charge in [-0.2, -0.15) is 0 Å². The summed E-state index contributed by atoms with van der Waals surface area (Å²) in [5, 5.41) is 14.4. The Morgan fingerprint density at radius 1 is 0.649 bits per heavy atom. The Morgan fingerprint density at radius 2 is 0.982 bits per heavy atom. The van der Waals surface area contributed by atoms with E-state index in [0.29, 0.717) is 31.4 Å². The fourth-order valence-corrected chi connectivity index (χ4v) is 4.78. The number of aromatic carboxylic acids is 1. The number of primary amides is 2. The average Bonchev–Trinajstić information content (AvgIpc) is 3.08. The third kappa shape index (κ3) is 24.7. The van der Waals surface area contributed by atoms with Crippen molar-refractivity contribution in [1.82, 2.24) is 10.6 Å². The van der Waals surface area contributed by atoms with Crippen LogP contribution in [0.25, 0.3) is 0 Å². The number of carboxylic acids is 1. The molecule has 0 spiro atoms. The Kier molecular flexibility index (Phi) is 25.4. The fourth-order valence-electron chi connectivity index (χ4n) is 4.78. The number of rotatable bonds is 19. The molecule has 0 radical (unpaired) electrons. The SMILES string of the molecule is CCC(=O)c1ccc(CO[C@H](C)[C@H](CCC(N)=O)NC(=O)OC(C)(C)C)cc1.C[C@@H](OCc1ccc(C(=O)O)cc1)[C@H](CCC(N)=O)NC(=O)OC(C)(C)C.[Li+].[OH-]. The second-order valence-electron chi connectivity index (χ2n) is 15.0. The van der Waals surface area contributed by atoms with Gasteiger partial charge >= 0.3 is 37.0 Å². The number of ether oxygens (including phenoxy) is 4. The molecule has 0 bridgehead atoms. The van der Waals surface area contributed by atoms with Crippen molar-refractivity contribution in [1.29, 1.82) is 0 Å². The van der Waals surface area contributed by atoms with Crippen LogP contribution >= 0.6 is 0 Å². The topological polar surface area (TPSA) is 266 Å². The number of carbonyl (C=O) groups is 6. The monoisotopic (exact) mass is 796 g/mol. The Morgan fingerprint density at radius 3 is 1.26 bits per heavy atom. The van der Waals surface area contributed by atoms with Crippen LogP contribution in [-0.2, 0) is 41.8 Å². The Balaban J connectivity index is 0. The molecule has 2 rings (SSSR count). The van der Waals surface area contributed by atoms with Crippen LogP contribution in [0.2, 0.25) is 0 Å². The van der Waals surface area contributed by atoms with Crippen molar-refractivity contribution in [2.75, 3.05) is 0 Å². The summed E-state index contributed by atoms with van der Waals surface area (Å²) in [6, 6.07) is 12.7. The Labute approximate surface area is 347 Å². The first-order chi connectivity index (χ1) is 25.5. The number of nitrogens with one attached hydrogen (secondary N) is 2. The normalized spacial score (nSPS) is 13.0. The standard InChI is InChI=1S/C21H32N2O5.C19H28N2O6.Li.H2O/c1-6-18(24)16-9-7-15(8-10-16)13-27-14(2)17(11-12-19(22)25)23-20(26)28-21(3,4)5;1-12(26-11-13-5-7-14(8-6-13)17(23)24)15(9-10-16(20)22)21-18(25)27-19(2,3)4;;/h7-10,14,17H,6,11-13H2,1-5H3,(H2,22,25)(H,23,26);5-8,12,15H,9-11H2,1-4H3,(H2,20,22)(H,21,25)(H,23,24);;1H2/q;;+1;/p-1/t14-,17+;12-,15+;;/m11../s1. The van der Waals surface area contributed by atoms with E-state index in [2.05, 4.69) is 10.6 Å². The first-order valence-electron chi connectivity index (χ1n) is 18.2. The minimum Gasteiger partial charge on any atom is -0.870 e. The van der Waals surface area contributed by atoms with Crippen LogP contribution in [0.3, 0.4) is 0 Å². The van der Waals surface area contributed by atoms with Crippen LogP contribution in [0.5, 0.6) is 0 Å². The summed E-state index contributed by atoms with van der Waals surface area (Å²) >= 11 is 0. The number of Topliss-reactive ketones (excluding diaryl/α,β-unsaturated/α-hetero) is 1. The summed E-state index contributed by atoms with van der Waals surface area (Å²) in [4.78, 5) is 68.9. The zero-order valence-corrected chi connectivity index (χ0v) is 35.0. The zero-order chi connectivity index (χ0) is 41.9. The molecule has 57 heavy (non-hydrogen) atoms. The predicted octanol–water partition coefficient (Wildman–Crippen LogP) is 2.62. The van der Waals surface area contributed by atoms with Gasteiger partial charge in [-0.05, 0) is 91.5 Å². The van der Waals surface area contributed by atoms with E-state index in [4.69, 9.17) is 35.5 Å². The second kappa shape index (κ2) is 26.5. The molecule has 0 aliphatic rings. The average molecular weight is 797 g/mol. The van der Waals surface area contributed by atoms with Gasteiger partial charge in [0, 0.05) is 24.8 Å². The molecule has 0 heterocycles. The molecule has 314 valence electrons. The van der Waals surface area contributed by atoms with Crippen molar-refractivity contribution in [3.05, 3.63) is 70.8 Å². The molecule has 0 aliphatic carbocycles. The van der Waals surface area contributed by atoms with Crippen molar-refractivity contribution < 1.29 is 77.2 Å². The van der Waals surface area contributed by atoms with Gasteiger partial charge in [-0.15, -0.1) is 0 Å². The van der Waals surface area contributed by atoms with Gasteiger partial charge in [0.05, 0.1) is 43.1 Å². The van der Waals surface area contributed by atoms with Gasteiger partial charge in [0.25, 0.3) is 0 Å². The van der Waals surface area contributed by atoms with E-state index in [1.165, 1.54) is 12.1 Å². The molecule has 0 saturated carbocycles. The van der Waals surface area contributed by atoms with Gasteiger partial charge in [-0.25, -0.2) is 14.4 Å². The number of ketones is 1. The molecule has 16 nitrogen and oxygen atoms in total. The number of carbonyl (C=O) groups excluding carboxylic acids is 5. The largest absolute Gasteiger partial charge is 1.00 e. The molecule has 4 atom stereocenters. The smallest absolute Gasteiger partial charge is 0.870 e. The Bertz CT molecular complexity index is 1560. The second-order valence-corrected chi connectivity index (χ2v) is 15.0. The van der Waals surface area contributed by atoms with Crippen LogP contribution in [0.4, 0.5) is 9.59 Å². The van der Waals surface area contributed by atoms with E-state index >= 15 is 0 Å². The number of hydrogen-bond donors (Lipinski definition) is 5. The summed E-state index contributed by atoms with van der Waals surface area (Å²) in [5.41, 5.74) is 11.7. The van der Waals surface area contributed by atoms with Crippen molar-refractivity contribution >= 4 is 35.8 Å². The van der Waals surface area contributed by atoms with E-state index in [9.17, 15) is 28.8 Å². The van der Waals surface area contributed by atoms with E-state index in [-0.39, 0.29) is 61.2 Å². The maximum Gasteiger partial charge on any atom is 1.00 e. The summed E-state index contributed by atoms with van der Waals surface area (Å²) in [6.45, 7) is 16.5. The van der Waals surface area contributed by atoms with Crippen LogP contribution in [0.1, 0.15) is 126 Å². The van der Waals surface area contributed by atoms with Gasteiger partial charge in [0.1, 0.15) is 11.2 Å². The predicted molar refractivity (Wildman–Crippen MR) is 208 cm³/mol. The molecular formula is C40H61LiN4O12. The molecule has 17 heteroatoms. The van der Waals surface area contributed by atoms with Crippen LogP contribution in [0, 0.1) is 0 Å². The summed E-state index contributed by atoms with van der Waals surface area (Å²) < 4.78 is 22.2. The first kappa shape index (κ1) is 54.6. The minimum absolute atomic E-state index is 0. The summed E-state index contributed by atoms with van der Waals surface area (Å²) in [6.07, 6.45) is -0.611. The zero-order valence-electron chi connectivity index (χ0n) is 35.0. The molecule has 2 aromatic rings. The third-order valence-corrected chi connectivity index (χ3v) is 7.76. The van der Waals surface area contributed by atoms with Crippen molar-refractivity contribution in [3.63, 3.8) is 0 Å². The molecule has 0 fully saturated rings. The van der Waals surface area contributed by atoms with Gasteiger partial charge < -0.3 is 51.6 Å².